The van der Waals surface area contributed by atoms with Crippen LogP contribution in [0.4, 0.5) is 5.69 Å². The van der Waals surface area contributed by atoms with Gasteiger partial charge in [-0.25, -0.2) is 8.42 Å². The van der Waals surface area contributed by atoms with Gasteiger partial charge in [0.15, 0.2) is 9.84 Å². The largest absolute Gasteiger partial charge is 0.398 e. The highest BCUT2D eigenvalue weighted by molar-refractivity contribution is 7.99. The minimum atomic E-state index is -3.19. The summed E-state index contributed by atoms with van der Waals surface area (Å²) in [5.74, 6) is 2.11. The Hall–Kier alpha value is -0.680. The lowest BCUT2D eigenvalue weighted by atomic mass is 10.2. The highest BCUT2D eigenvalue weighted by atomic mass is 32.2. The van der Waals surface area contributed by atoms with Crippen molar-refractivity contribution in [1.29, 1.82) is 0 Å². The lowest BCUT2D eigenvalue weighted by Gasteiger charge is -2.09. The van der Waals surface area contributed by atoms with Gasteiger partial charge in [-0.05, 0) is 42.5 Å². The topological polar surface area (TPSA) is 60.2 Å². The Bertz CT molecular complexity index is 469. The molecule has 0 bridgehead atoms. The van der Waals surface area contributed by atoms with Crippen molar-refractivity contribution in [1.82, 2.24) is 0 Å². The molecule has 3 nitrogen and oxygen atoms in total. The van der Waals surface area contributed by atoms with Crippen molar-refractivity contribution in [3.63, 3.8) is 0 Å². The number of nitrogens with two attached hydrogens (primary N) is 1. The molecule has 0 aliphatic carbocycles. The van der Waals surface area contributed by atoms with Gasteiger partial charge in [0.25, 0.3) is 0 Å². The Morgan fingerprint density at radius 3 is 2.71 bits per heavy atom. The second-order valence-electron chi connectivity index (χ2n) is 3.84. The van der Waals surface area contributed by atoms with Gasteiger partial charge in [0.1, 0.15) is 0 Å². The number of benzene rings is 1. The average molecular weight is 273 g/mol. The van der Waals surface area contributed by atoms with E-state index in [0.29, 0.717) is 22.6 Å². The number of sulfone groups is 1. The van der Waals surface area contributed by atoms with Gasteiger partial charge in [-0.1, -0.05) is 13.0 Å². The molecule has 2 N–H and O–H groups in total. The fourth-order valence-electron chi connectivity index (χ4n) is 1.57. The van der Waals surface area contributed by atoms with Gasteiger partial charge in [0.05, 0.1) is 10.6 Å². The maximum absolute atomic E-state index is 12.1. The van der Waals surface area contributed by atoms with E-state index in [1.807, 2.05) is 0 Å². The number of nitrogen functional groups attached to an aromatic ring is 1. The lowest BCUT2D eigenvalue weighted by Crippen LogP contribution is -2.10. The van der Waals surface area contributed by atoms with Gasteiger partial charge in [0, 0.05) is 5.69 Å². The van der Waals surface area contributed by atoms with Gasteiger partial charge >= 0.3 is 0 Å². The predicted molar refractivity (Wildman–Crippen MR) is 75.3 cm³/mol. The van der Waals surface area contributed by atoms with E-state index < -0.39 is 9.84 Å². The van der Waals surface area contributed by atoms with Crippen LogP contribution in [0.1, 0.15) is 18.9 Å². The smallest absolute Gasteiger partial charge is 0.178 e. The third-order valence-corrected chi connectivity index (χ3v) is 5.49. The molecule has 0 heterocycles. The fraction of sp³-hybridized carbons (Fsp3) is 0.500. The van der Waals surface area contributed by atoms with Gasteiger partial charge in [-0.3, -0.25) is 0 Å². The van der Waals surface area contributed by atoms with Crippen LogP contribution in [-0.2, 0) is 9.84 Å². The first kappa shape index (κ1) is 14.4. The second-order valence-corrected chi connectivity index (χ2v) is 7.31. The van der Waals surface area contributed by atoms with Crippen LogP contribution < -0.4 is 5.73 Å². The van der Waals surface area contributed by atoms with Crippen LogP contribution in [-0.4, -0.2) is 25.7 Å². The number of anilines is 1. The highest BCUT2D eigenvalue weighted by Crippen LogP contribution is 2.22. The van der Waals surface area contributed by atoms with Crippen LogP contribution >= 0.6 is 11.8 Å². The van der Waals surface area contributed by atoms with Gasteiger partial charge in [-0.2, -0.15) is 11.8 Å². The van der Waals surface area contributed by atoms with Crippen LogP contribution in [0.15, 0.2) is 23.1 Å². The van der Waals surface area contributed by atoms with E-state index in [1.165, 1.54) is 0 Å². The van der Waals surface area contributed by atoms with E-state index in [0.717, 1.165) is 11.5 Å². The van der Waals surface area contributed by atoms with E-state index in [4.69, 9.17) is 5.73 Å². The third kappa shape index (κ3) is 3.92. The number of thioether (sulfide) groups is 1. The Kier molecular flexibility index (Phi) is 5.33. The maximum Gasteiger partial charge on any atom is 0.178 e. The van der Waals surface area contributed by atoms with Gasteiger partial charge in [0.2, 0.25) is 0 Å². The van der Waals surface area contributed by atoms with E-state index in [9.17, 15) is 8.42 Å². The van der Waals surface area contributed by atoms with Crippen LogP contribution in [0.25, 0.3) is 0 Å². The number of hydrogen-bond donors (Lipinski definition) is 1. The van der Waals surface area contributed by atoms with E-state index in [2.05, 4.69) is 6.92 Å². The second kappa shape index (κ2) is 6.31. The van der Waals surface area contributed by atoms with Crippen molar-refractivity contribution in [2.45, 2.75) is 25.2 Å². The molecule has 0 aliphatic heterocycles. The summed E-state index contributed by atoms with van der Waals surface area (Å²) in [6, 6.07) is 5.05. The molecule has 17 heavy (non-hydrogen) atoms. The molecule has 0 fully saturated rings. The monoisotopic (exact) mass is 273 g/mol. The summed E-state index contributed by atoms with van der Waals surface area (Å²) >= 11 is 1.76. The van der Waals surface area contributed by atoms with Crippen molar-refractivity contribution in [2.24, 2.45) is 0 Å². The molecule has 0 aliphatic rings. The van der Waals surface area contributed by atoms with Crippen molar-refractivity contribution >= 4 is 27.3 Å². The molecule has 0 radical (unpaired) electrons. The lowest BCUT2D eigenvalue weighted by molar-refractivity contribution is 0.594. The Morgan fingerprint density at radius 1 is 1.35 bits per heavy atom. The zero-order valence-corrected chi connectivity index (χ0v) is 11.9. The first-order chi connectivity index (χ1) is 7.99. The molecular formula is C12H19NO2S2. The summed E-state index contributed by atoms with van der Waals surface area (Å²) in [5.41, 5.74) is 6.92. The van der Waals surface area contributed by atoms with Gasteiger partial charge < -0.3 is 5.73 Å². The molecule has 0 unspecified atom stereocenters. The summed E-state index contributed by atoms with van der Waals surface area (Å²) in [6.07, 6.45) is 0.690. The summed E-state index contributed by atoms with van der Waals surface area (Å²) in [7, 11) is -3.19. The molecule has 0 saturated carbocycles. The molecule has 0 atom stereocenters. The summed E-state index contributed by atoms with van der Waals surface area (Å²) in [5, 5.41) is 0. The van der Waals surface area contributed by atoms with Crippen LogP contribution in [0.3, 0.4) is 0 Å². The minimum absolute atomic E-state index is 0.199. The third-order valence-electron chi connectivity index (χ3n) is 2.57. The Labute approximate surface area is 108 Å². The van der Waals surface area contributed by atoms with Crippen molar-refractivity contribution in [3.8, 4) is 0 Å². The highest BCUT2D eigenvalue weighted by Gasteiger charge is 2.17. The van der Waals surface area contributed by atoms with Crippen molar-refractivity contribution in [3.05, 3.63) is 23.8 Å². The van der Waals surface area contributed by atoms with Crippen molar-refractivity contribution in [2.75, 3.05) is 23.0 Å². The first-order valence-corrected chi connectivity index (χ1v) is 8.45. The van der Waals surface area contributed by atoms with Gasteiger partial charge in [-0.15, -0.1) is 0 Å². The Morgan fingerprint density at radius 2 is 2.06 bits per heavy atom. The fourth-order valence-corrected chi connectivity index (χ4v) is 4.01. The molecule has 0 amide bonds. The molecule has 0 aromatic heterocycles. The molecular weight excluding hydrogens is 254 g/mol. The first-order valence-electron chi connectivity index (χ1n) is 5.64. The summed E-state index contributed by atoms with van der Waals surface area (Å²) < 4.78 is 24.2. The minimum Gasteiger partial charge on any atom is -0.398 e. The van der Waals surface area contributed by atoms with Crippen molar-refractivity contribution < 1.29 is 8.42 Å². The van der Waals surface area contributed by atoms with E-state index >= 15 is 0 Å². The average Bonchev–Trinajstić information content (AvgIpc) is 2.28. The van der Waals surface area contributed by atoms with E-state index in [1.54, 1.807) is 36.9 Å². The Balaban J connectivity index is 2.79. The normalized spacial score (nSPS) is 11.6. The molecule has 1 rings (SSSR count). The number of hydrogen-bond acceptors (Lipinski definition) is 4. The van der Waals surface area contributed by atoms with Crippen LogP contribution in [0.2, 0.25) is 0 Å². The molecule has 1 aromatic rings. The molecule has 1 aromatic carbocycles. The quantitative estimate of drug-likeness (QED) is 0.639. The predicted octanol–water partition coefficient (Wildman–Crippen LogP) is 2.49. The summed E-state index contributed by atoms with van der Waals surface area (Å²) in [4.78, 5) is 0.374. The molecule has 0 spiro atoms. The molecule has 5 heteroatoms. The summed E-state index contributed by atoms with van der Waals surface area (Å²) in [6.45, 7) is 3.82. The molecule has 96 valence electrons. The maximum atomic E-state index is 12.1. The number of rotatable bonds is 6. The SMILES string of the molecule is CCSCCCS(=O)(=O)c1cccc(N)c1C. The van der Waals surface area contributed by atoms with Crippen LogP contribution in [0.5, 0.6) is 0 Å². The van der Waals surface area contributed by atoms with Crippen LogP contribution in [0, 0.1) is 6.92 Å². The standard InChI is InChI=1S/C12H19NO2S2/c1-3-16-8-5-9-17(14,15)12-7-4-6-11(13)10(12)2/h4,6-7H,3,5,8-9,13H2,1-2H3. The zero-order valence-electron chi connectivity index (χ0n) is 10.3. The van der Waals surface area contributed by atoms with E-state index in [-0.39, 0.29) is 5.75 Å². The zero-order chi connectivity index (χ0) is 12.9. The molecule has 0 saturated heterocycles.